The second-order valence-electron chi connectivity index (χ2n) is 4.11. The minimum Gasteiger partial charge on any atom is -0.268 e. The third-order valence-corrected chi connectivity index (χ3v) is 4.99. The van der Waals surface area contributed by atoms with Gasteiger partial charge in [-0.15, -0.1) is 0 Å². The van der Waals surface area contributed by atoms with Gasteiger partial charge in [0, 0.05) is 0 Å². The summed E-state index contributed by atoms with van der Waals surface area (Å²) < 4.78 is 27.2. The molecule has 0 N–H and O–H groups in total. The van der Waals surface area contributed by atoms with E-state index in [2.05, 4.69) is 13.8 Å². The first-order chi connectivity index (χ1) is 6.58. The van der Waals surface area contributed by atoms with Gasteiger partial charge < -0.3 is 0 Å². The minimum absolute atomic E-state index is 0.412. The van der Waals surface area contributed by atoms with Crippen molar-refractivity contribution >= 4 is 10.1 Å². The van der Waals surface area contributed by atoms with Crippen molar-refractivity contribution in [1.82, 2.24) is 0 Å². The number of hydrogen-bond acceptors (Lipinski definition) is 3. The van der Waals surface area contributed by atoms with Gasteiger partial charge in [-0.3, -0.25) is 4.18 Å². The van der Waals surface area contributed by atoms with Crippen molar-refractivity contribution in [2.45, 2.75) is 57.1 Å². The lowest BCUT2D eigenvalue weighted by molar-refractivity contribution is 0.162. The molecule has 0 radical (unpaired) electrons. The first-order valence-electron chi connectivity index (χ1n) is 5.47. The Labute approximate surface area is 87.0 Å². The summed E-state index contributed by atoms with van der Waals surface area (Å²) in [5.41, 5.74) is 0. The summed E-state index contributed by atoms with van der Waals surface area (Å²) in [6.45, 7) is 4.58. The summed E-state index contributed by atoms with van der Waals surface area (Å²) in [5, 5.41) is 0. The zero-order valence-electron chi connectivity index (χ0n) is 9.08. The molecule has 0 atom stereocenters. The van der Waals surface area contributed by atoms with E-state index in [1.807, 2.05) is 0 Å². The lowest BCUT2D eigenvalue weighted by atomic mass is 9.95. The van der Waals surface area contributed by atoms with E-state index in [1.54, 1.807) is 0 Å². The Balaban J connectivity index is 2.61. The van der Waals surface area contributed by atoms with Crippen molar-refractivity contribution in [1.29, 1.82) is 0 Å². The van der Waals surface area contributed by atoms with Crippen LogP contribution in [0.2, 0.25) is 0 Å². The highest BCUT2D eigenvalue weighted by molar-refractivity contribution is 7.89. The fourth-order valence-electron chi connectivity index (χ4n) is 1.84. The van der Waals surface area contributed by atoms with Crippen LogP contribution in [0.4, 0.5) is 0 Å². The first-order valence-corrected chi connectivity index (χ1v) is 6.88. The molecule has 0 saturated carbocycles. The van der Waals surface area contributed by atoms with E-state index >= 15 is 0 Å². The van der Waals surface area contributed by atoms with Crippen molar-refractivity contribution in [3.63, 3.8) is 0 Å². The Morgan fingerprint density at radius 2 is 1.64 bits per heavy atom. The highest BCUT2D eigenvalue weighted by atomic mass is 32.2. The average molecular weight is 220 g/mol. The Morgan fingerprint density at radius 1 is 1.14 bits per heavy atom. The van der Waals surface area contributed by atoms with E-state index in [-0.39, 0.29) is 0 Å². The van der Waals surface area contributed by atoms with Crippen molar-refractivity contribution < 1.29 is 12.6 Å². The summed E-state index contributed by atoms with van der Waals surface area (Å²) in [5.74, 6) is 0. The maximum Gasteiger partial charge on any atom is 0.275 e. The topological polar surface area (TPSA) is 43.4 Å². The van der Waals surface area contributed by atoms with Crippen molar-refractivity contribution in [3.05, 3.63) is 0 Å². The Bertz CT molecular complexity index is 261. The molecule has 1 fully saturated rings. The molecule has 1 rings (SSSR count). The van der Waals surface area contributed by atoms with E-state index in [0.717, 1.165) is 38.5 Å². The zero-order chi connectivity index (χ0) is 10.7. The predicted molar refractivity (Wildman–Crippen MR) is 56.7 cm³/mol. The smallest absolute Gasteiger partial charge is 0.268 e. The van der Waals surface area contributed by atoms with Gasteiger partial charge in [0.1, 0.15) is 4.75 Å². The zero-order valence-corrected chi connectivity index (χ0v) is 9.90. The molecule has 84 valence electrons. The monoisotopic (exact) mass is 220 g/mol. The molecule has 1 aliphatic heterocycles. The van der Waals surface area contributed by atoms with Crippen LogP contribution in [0.25, 0.3) is 0 Å². The Kier molecular flexibility index (Phi) is 3.95. The lowest BCUT2D eigenvalue weighted by Gasteiger charge is -2.40. The van der Waals surface area contributed by atoms with Gasteiger partial charge in [0.25, 0.3) is 10.1 Å². The molecule has 0 aromatic carbocycles. The van der Waals surface area contributed by atoms with Crippen LogP contribution in [0.1, 0.15) is 52.4 Å². The summed E-state index contributed by atoms with van der Waals surface area (Å²) in [7, 11) is -3.23. The largest absolute Gasteiger partial charge is 0.275 e. The van der Waals surface area contributed by atoms with Crippen LogP contribution in [-0.2, 0) is 14.3 Å². The predicted octanol–water partition coefficient (Wildman–Crippen LogP) is 2.47. The summed E-state index contributed by atoms with van der Waals surface area (Å²) in [6, 6.07) is 0. The van der Waals surface area contributed by atoms with Gasteiger partial charge >= 0.3 is 0 Å². The molecule has 0 unspecified atom stereocenters. The Morgan fingerprint density at radius 3 is 1.86 bits per heavy atom. The van der Waals surface area contributed by atoms with Crippen LogP contribution in [-0.4, -0.2) is 19.8 Å². The van der Waals surface area contributed by atoms with Crippen LogP contribution in [0.15, 0.2) is 0 Å². The quantitative estimate of drug-likeness (QED) is 0.646. The SMILES string of the molecule is CCCCC1(CCCC)COS1(=O)=O. The summed E-state index contributed by atoms with van der Waals surface area (Å²) >= 11 is 0. The van der Waals surface area contributed by atoms with E-state index in [9.17, 15) is 8.42 Å². The van der Waals surface area contributed by atoms with E-state index in [4.69, 9.17) is 4.18 Å². The summed E-state index contributed by atoms with van der Waals surface area (Å²) in [6.07, 6.45) is 5.59. The van der Waals surface area contributed by atoms with Gasteiger partial charge in [-0.05, 0) is 12.8 Å². The third kappa shape index (κ3) is 2.11. The highest BCUT2D eigenvalue weighted by Crippen LogP contribution is 2.39. The van der Waals surface area contributed by atoms with Gasteiger partial charge in [0.15, 0.2) is 0 Å². The number of rotatable bonds is 6. The molecular weight excluding hydrogens is 200 g/mol. The molecule has 0 aliphatic carbocycles. The fraction of sp³-hybridized carbons (Fsp3) is 1.00. The standard InChI is InChI=1S/C10H20O3S/c1-3-5-7-10(8-6-4-2)9-13-14(10,11)12/h3-9H2,1-2H3. The second-order valence-corrected chi connectivity index (χ2v) is 6.12. The van der Waals surface area contributed by atoms with Crippen molar-refractivity contribution in [3.8, 4) is 0 Å². The molecule has 1 saturated heterocycles. The maximum absolute atomic E-state index is 11.5. The molecule has 4 heteroatoms. The molecule has 0 amide bonds. The highest BCUT2D eigenvalue weighted by Gasteiger charge is 2.52. The molecule has 0 aromatic heterocycles. The molecule has 0 spiro atoms. The van der Waals surface area contributed by atoms with E-state index < -0.39 is 14.9 Å². The van der Waals surface area contributed by atoms with Gasteiger partial charge in [-0.2, -0.15) is 8.42 Å². The van der Waals surface area contributed by atoms with Crippen molar-refractivity contribution in [2.24, 2.45) is 0 Å². The maximum atomic E-state index is 11.5. The fourth-order valence-corrected chi connectivity index (χ4v) is 3.27. The average Bonchev–Trinajstić information content (AvgIpc) is 2.17. The van der Waals surface area contributed by atoms with Crippen LogP contribution in [0.3, 0.4) is 0 Å². The first kappa shape index (κ1) is 12.0. The van der Waals surface area contributed by atoms with Crippen molar-refractivity contribution in [2.75, 3.05) is 6.61 Å². The van der Waals surface area contributed by atoms with E-state index in [1.165, 1.54) is 0 Å². The third-order valence-electron chi connectivity index (χ3n) is 2.98. The lowest BCUT2D eigenvalue weighted by Crippen LogP contribution is -2.54. The molecule has 3 nitrogen and oxygen atoms in total. The molecule has 0 aromatic rings. The van der Waals surface area contributed by atoms with Crippen LogP contribution >= 0.6 is 0 Å². The minimum atomic E-state index is -3.23. The second kappa shape index (κ2) is 4.62. The molecule has 1 aliphatic rings. The number of unbranched alkanes of at least 4 members (excludes halogenated alkanes) is 2. The Hall–Kier alpha value is -0.0900. The molecule has 1 heterocycles. The number of hydrogen-bond donors (Lipinski definition) is 0. The van der Waals surface area contributed by atoms with Gasteiger partial charge in [-0.25, -0.2) is 0 Å². The van der Waals surface area contributed by atoms with Gasteiger partial charge in [0.2, 0.25) is 0 Å². The normalized spacial score (nSPS) is 23.0. The molecule has 0 bridgehead atoms. The molecule has 14 heavy (non-hydrogen) atoms. The van der Waals surface area contributed by atoms with Crippen LogP contribution < -0.4 is 0 Å². The van der Waals surface area contributed by atoms with Gasteiger partial charge in [0.05, 0.1) is 6.61 Å². The van der Waals surface area contributed by atoms with Crippen LogP contribution in [0, 0.1) is 0 Å². The summed E-state index contributed by atoms with van der Waals surface area (Å²) in [4.78, 5) is 0. The molecular formula is C10H20O3S. The van der Waals surface area contributed by atoms with Gasteiger partial charge in [-0.1, -0.05) is 39.5 Å². The van der Waals surface area contributed by atoms with E-state index in [0.29, 0.717) is 6.61 Å². The van der Waals surface area contributed by atoms with Crippen LogP contribution in [0.5, 0.6) is 0 Å².